The summed E-state index contributed by atoms with van der Waals surface area (Å²) in [6, 6.07) is 7.78. The Bertz CT molecular complexity index is 642. The third-order valence-electron chi connectivity index (χ3n) is 4.04. The van der Waals surface area contributed by atoms with E-state index in [-0.39, 0.29) is 17.1 Å². The molecule has 4 nitrogen and oxygen atoms in total. The van der Waals surface area contributed by atoms with Crippen molar-refractivity contribution in [1.82, 2.24) is 5.32 Å². The summed E-state index contributed by atoms with van der Waals surface area (Å²) in [5.74, 6) is 0.0891. The largest absolute Gasteiger partial charge is 0.358 e. The van der Waals surface area contributed by atoms with E-state index in [1.807, 2.05) is 24.3 Å². The van der Waals surface area contributed by atoms with Crippen molar-refractivity contribution in [2.45, 2.75) is 45.6 Å². The van der Waals surface area contributed by atoms with Gasteiger partial charge in [0.05, 0.1) is 11.3 Å². The topological polar surface area (TPSA) is 58.2 Å². The highest BCUT2D eigenvalue weighted by molar-refractivity contribution is 6.00. The predicted octanol–water partition coefficient (Wildman–Crippen LogP) is 3.26. The molecule has 2 N–H and O–H groups in total. The van der Waals surface area contributed by atoms with Gasteiger partial charge in [-0.15, -0.1) is 0 Å². The number of anilines is 1. The summed E-state index contributed by atoms with van der Waals surface area (Å²) in [5, 5.41) is 6.30. The number of carbonyl (C=O) groups excluding carboxylic acids is 2. The molecule has 0 heterocycles. The molecular formula is C18H22N2O2. The van der Waals surface area contributed by atoms with Crippen molar-refractivity contribution in [3.05, 3.63) is 41.6 Å². The molecule has 22 heavy (non-hydrogen) atoms. The van der Waals surface area contributed by atoms with Gasteiger partial charge in [-0.3, -0.25) is 9.59 Å². The van der Waals surface area contributed by atoms with Gasteiger partial charge in [0, 0.05) is 24.2 Å². The Morgan fingerprint density at radius 1 is 1.18 bits per heavy atom. The number of benzene rings is 1. The molecule has 0 bridgehead atoms. The molecule has 4 heteroatoms. The van der Waals surface area contributed by atoms with Crippen molar-refractivity contribution in [2.24, 2.45) is 5.41 Å². The summed E-state index contributed by atoms with van der Waals surface area (Å²) in [4.78, 5) is 24.2. The van der Waals surface area contributed by atoms with Crippen LogP contribution in [0.25, 0.3) is 0 Å². The van der Waals surface area contributed by atoms with Gasteiger partial charge in [0.15, 0.2) is 5.78 Å². The van der Waals surface area contributed by atoms with E-state index in [0.717, 1.165) is 30.6 Å². The zero-order valence-electron chi connectivity index (χ0n) is 13.1. The first-order valence-corrected chi connectivity index (χ1v) is 7.83. The van der Waals surface area contributed by atoms with Crippen LogP contribution >= 0.6 is 0 Å². The number of nitrogens with one attached hydrogen (secondary N) is 2. The molecule has 1 fully saturated rings. The summed E-state index contributed by atoms with van der Waals surface area (Å²) < 4.78 is 0. The van der Waals surface area contributed by atoms with Crippen LogP contribution in [-0.2, 0) is 4.79 Å². The summed E-state index contributed by atoms with van der Waals surface area (Å²) in [6.45, 7) is 4.18. The van der Waals surface area contributed by atoms with Crippen molar-refractivity contribution in [3.63, 3.8) is 0 Å². The quantitative estimate of drug-likeness (QED) is 0.897. The normalized spacial score (nSPS) is 20.3. The number of allylic oxidation sites excluding steroid dienone is 2. The molecule has 1 amide bonds. The van der Waals surface area contributed by atoms with Crippen LogP contribution in [0.1, 0.15) is 49.9 Å². The van der Waals surface area contributed by atoms with E-state index in [1.54, 1.807) is 6.08 Å². The lowest BCUT2D eigenvalue weighted by molar-refractivity contribution is -0.117. The average molecular weight is 298 g/mol. The van der Waals surface area contributed by atoms with Crippen LogP contribution in [0, 0.1) is 5.41 Å². The first-order valence-electron chi connectivity index (χ1n) is 7.83. The summed E-state index contributed by atoms with van der Waals surface area (Å²) in [7, 11) is 0. The van der Waals surface area contributed by atoms with Crippen molar-refractivity contribution in [2.75, 3.05) is 5.32 Å². The van der Waals surface area contributed by atoms with Crippen molar-refractivity contribution < 1.29 is 9.59 Å². The molecule has 2 aliphatic carbocycles. The van der Waals surface area contributed by atoms with Crippen LogP contribution in [-0.4, -0.2) is 17.7 Å². The molecule has 2 aliphatic rings. The van der Waals surface area contributed by atoms with E-state index >= 15 is 0 Å². The van der Waals surface area contributed by atoms with Gasteiger partial charge in [-0.1, -0.05) is 26.0 Å². The Hall–Kier alpha value is -2.10. The minimum Gasteiger partial charge on any atom is -0.358 e. The minimum absolute atomic E-state index is 0.0423. The van der Waals surface area contributed by atoms with Crippen molar-refractivity contribution in [1.29, 1.82) is 0 Å². The lowest BCUT2D eigenvalue weighted by Gasteiger charge is -2.29. The van der Waals surface area contributed by atoms with Crippen LogP contribution in [0.5, 0.6) is 0 Å². The van der Waals surface area contributed by atoms with E-state index in [9.17, 15) is 9.59 Å². The zero-order chi connectivity index (χ0) is 15.7. The van der Waals surface area contributed by atoms with Gasteiger partial charge in [-0.2, -0.15) is 0 Å². The Morgan fingerprint density at radius 3 is 2.59 bits per heavy atom. The number of hydrogen-bond acceptors (Lipinski definition) is 3. The van der Waals surface area contributed by atoms with Gasteiger partial charge in [-0.25, -0.2) is 0 Å². The molecular weight excluding hydrogens is 276 g/mol. The maximum atomic E-state index is 12.3. The smallest absolute Gasteiger partial charge is 0.253 e. The fraction of sp³-hybridized carbons (Fsp3) is 0.444. The van der Waals surface area contributed by atoms with Gasteiger partial charge in [0.2, 0.25) is 0 Å². The predicted molar refractivity (Wildman–Crippen MR) is 86.7 cm³/mol. The summed E-state index contributed by atoms with van der Waals surface area (Å²) in [6.07, 6.45) is 5.17. The fourth-order valence-electron chi connectivity index (χ4n) is 2.88. The number of rotatable bonds is 4. The highest BCUT2D eigenvalue weighted by atomic mass is 16.1. The highest BCUT2D eigenvalue weighted by Gasteiger charge is 2.28. The molecule has 3 rings (SSSR count). The number of para-hydroxylation sites is 1. The molecule has 0 aliphatic heterocycles. The second kappa shape index (κ2) is 5.59. The number of ketones is 1. The molecule has 0 spiro atoms. The van der Waals surface area contributed by atoms with E-state index in [4.69, 9.17) is 0 Å². The number of carbonyl (C=O) groups is 2. The first kappa shape index (κ1) is 14.8. The fourth-order valence-corrected chi connectivity index (χ4v) is 2.88. The van der Waals surface area contributed by atoms with E-state index in [2.05, 4.69) is 24.5 Å². The summed E-state index contributed by atoms with van der Waals surface area (Å²) >= 11 is 0. The molecule has 0 atom stereocenters. The van der Waals surface area contributed by atoms with Crippen molar-refractivity contribution >= 4 is 17.4 Å². The Balaban J connectivity index is 1.80. The SMILES string of the molecule is CC1(C)CC(=O)C=C(Nc2ccccc2C(=O)NC2CC2)C1. The lowest BCUT2D eigenvalue weighted by Crippen LogP contribution is -2.27. The third kappa shape index (κ3) is 3.56. The molecule has 0 unspecified atom stereocenters. The van der Waals surface area contributed by atoms with E-state index in [0.29, 0.717) is 18.0 Å². The second-order valence-electron chi connectivity index (χ2n) is 7.07. The highest BCUT2D eigenvalue weighted by Crippen LogP contribution is 2.34. The van der Waals surface area contributed by atoms with Gasteiger partial charge < -0.3 is 10.6 Å². The average Bonchev–Trinajstić information content (AvgIpc) is 3.20. The number of amides is 1. The molecule has 0 saturated heterocycles. The Morgan fingerprint density at radius 2 is 1.91 bits per heavy atom. The molecule has 1 saturated carbocycles. The van der Waals surface area contributed by atoms with Gasteiger partial charge >= 0.3 is 0 Å². The van der Waals surface area contributed by atoms with Crippen molar-refractivity contribution in [3.8, 4) is 0 Å². The Kier molecular flexibility index (Phi) is 3.77. The first-order chi connectivity index (χ1) is 10.4. The maximum absolute atomic E-state index is 12.3. The molecule has 116 valence electrons. The standard InChI is InChI=1S/C18H22N2O2/c1-18(2)10-13(9-14(21)11-18)19-16-6-4-3-5-15(16)17(22)20-12-7-8-12/h3-6,9,12,19H,7-8,10-11H2,1-2H3,(H,20,22). The Labute approximate surface area is 131 Å². The molecule has 0 aromatic heterocycles. The zero-order valence-corrected chi connectivity index (χ0v) is 13.1. The maximum Gasteiger partial charge on any atom is 0.253 e. The summed E-state index contributed by atoms with van der Waals surface area (Å²) in [5.41, 5.74) is 2.23. The van der Waals surface area contributed by atoms with Crippen LogP contribution in [0.2, 0.25) is 0 Å². The third-order valence-corrected chi connectivity index (χ3v) is 4.04. The van der Waals surface area contributed by atoms with E-state index in [1.165, 1.54) is 0 Å². The van der Waals surface area contributed by atoms with Crippen LogP contribution in [0.15, 0.2) is 36.0 Å². The molecule has 1 aromatic carbocycles. The van der Waals surface area contributed by atoms with Crippen LogP contribution in [0.3, 0.4) is 0 Å². The van der Waals surface area contributed by atoms with Gasteiger partial charge in [-0.05, 0) is 36.8 Å². The van der Waals surface area contributed by atoms with Gasteiger partial charge in [0.1, 0.15) is 0 Å². The van der Waals surface area contributed by atoms with Crippen LogP contribution < -0.4 is 10.6 Å². The lowest BCUT2D eigenvalue weighted by atomic mass is 9.79. The second-order valence-corrected chi connectivity index (χ2v) is 7.07. The monoisotopic (exact) mass is 298 g/mol. The van der Waals surface area contributed by atoms with Crippen LogP contribution in [0.4, 0.5) is 5.69 Å². The molecule has 0 radical (unpaired) electrons. The molecule has 1 aromatic rings. The minimum atomic E-state index is -0.0485. The number of hydrogen-bond donors (Lipinski definition) is 2. The van der Waals surface area contributed by atoms with Gasteiger partial charge in [0.25, 0.3) is 5.91 Å². The van der Waals surface area contributed by atoms with E-state index < -0.39 is 0 Å².